The summed E-state index contributed by atoms with van der Waals surface area (Å²) in [6, 6.07) is 22.4. The molecule has 3 aromatic carbocycles. The Labute approximate surface area is 150 Å². The lowest BCUT2D eigenvalue weighted by molar-refractivity contribution is -0.385. The number of anilines is 1. The molecule has 26 heavy (non-hydrogen) atoms. The lowest BCUT2D eigenvalue weighted by atomic mass is 10.1. The fourth-order valence-corrected chi connectivity index (χ4v) is 2.45. The van der Waals surface area contributed by atoms with Crippen molar-refractivity contribution in [3.05, 3.63) is 100 Å². The summed E-state index contributed by atoms with van der Waals surface area (Å²) in [4.78, 5) is 23.0. The number of benzene rings is 3. The van der Waals surface area contributed by atoms with Crippen LogP contribution in [-0.2, 0) is 6.61 Å². The number of ether oxygens (including phenoxy) is 1. The largest absolute Gasteiger partial charge is 0.487 e. The van der Waals surface area contributed by atoms with Gasteiger partial charge in [-0.3, -0.25) is 14.9 Å². The van der Waals surface area contributed by atoms with Crippen LogP contribution in [0, 0.1) is 10.1 Å². The van der Waals surface area contributed by atoms with E-state index in [0.717, 1.165) is 5.56 Å². The number of nitro groups is 1. The fraction of sp³-hybridized carbons (Fsp3) is 0.0500. The van der Waals surface area contributed by atoms with Gasteiger partial charge < -0.3 is 10.1 Å². The molecule has 6 nitrogen and oxygen atoms in total. The van der Waals surface area contributed by atoms with E-state index in [2.05, 4.69) is 5.32 Å². The number of para-hydroxylation sites is 3. The Bertz CT molecular complexity index is 926. The van der Waals surface area contributed by atoms with Crippen LogP contribution in [0.15, 0.2) is 78.9 Å². The van der Waals surface area contributed by atoms with Crippen LogP contribution in [0.1, 0.15) is 15.9 Å². The van der Waals surface area contributed by atoms with Crippen LogP contribution >= 0.6 is 0 Å². The second kappa shape index (κ2) is 7.94. The monoisotopic (exact) mass is 348 g/mol. The molecule has 0 aliphatic heterocycles. The van der Waals surface area contributed by atoms with Gasteiger partial charge in [-0.15, -0.1) is 0 Å². The molecule has 0 radical (unpaired) electrons. The Morgan fingerprint density at radius 1 is 0.923 bits per heavy atom. The minimum Gasteiger partial charge on any atom is -0.487 e. The maximum absolute atomic E-state index is 12.5. The summed E-state index contributed by atoms with van der Waals surface area (Å²) >= 11 is 0. The van der Waals surface area contributed by atoms with Crippen LogP contribution in [0.4, 0.5) is 11.4 Å². The number of hydrogen-bond acceptors (Lipinski definition) is 4. The molecule has 1 amide bonds. The summed E-state index contributed by atoms with van der Waals surface area (Å²) < 4.78 is 5.79. The van der Waals surface area contributed by atoms with Crippen molar-refractivity contribution in [2.24, 2.45) is 0 Å². The highest BCUT2D eigenvalue weighted by Crippen LogP contribution is 2.26. The first kappa shape index (κ1) is 17.2. The Kier molecular flexibility index (Phi) is 5.24. The number of rotatable bonds is 6. The van der Waals surface area contributed by atoms with E-state index >= 15 is 0 Å². The van der Waals surface area contributed by atoms with Crippen molar-refractivity contribution in [1.82, 2.24) is 0 Å². The minimum atomic E-state index is -0.577. The second-order valence-electron chi connectivity index (χ2n) is 5.50. The average molecular weight is 348 g/mol. The van der Waals surface area contributed by atoms with Gasteiger partial charge in [-0.2, -0.15) is 0 Å². The first-order valence-corrected chi connectivity index (χ1v) is 7.95. The average Bonchev–Trinajstić information content (AvgIpc) is 2.68. The van der Waals surface area contributed by atoms with Crippen molar-refractivity contribution in [3.8, 4) is 5.75 Å². The van der Waals surface area contributed by atoms with Gasteiger partial charge in [-0.05, 0) is 23.8 Å². The zero-order valence-electron chi connectivity index (χ0n) is 13.8. The van der Waals surface area contributed by atoms with E-state index in [1.54, 1.807) is 30.3 Å². The number of nitrogens with one attached hydrogen (secondary N) is 1. The van der Waals surface area contributed by atoms with Crippen LogP contribution in [0.3, 0.4) is 0 Å². The van der Waals surface area contributed by atoms with Gasteiger partial charge in [0, 0.05) is 6.07 Å². The highest BCUT2D eigenvalue weighted by molar-refractivity contribution is 6.07. The Morgan fingerprint density at radius 3 is 2.35 bits per heavy atom. The molecule has 0 unspecified atom stereocenters. The molecule has 0 aliphatic carbocycles. The highest BCUT2D eigenvalue weighted by Gasteiger charge is 2.20. The normalized spacial score (nSPS) is 10.2. The molecule has 0 aromatic heterocycles. The van der Waals surface area contributed by atoms with Crippen LogP contribution < -0.4 is 10.1 Å². The third-order valence-corrected chi connectivity index (χ3v) is 3.72. The topological polar surface area (TPSA) is 81.5 Å². The van der Waals surface area contributed by atoms with Crippen molar-refractivity contribution in [3.63, 3.8) is 0 Å². The van der Waals surface area contributed by atoms with E-state index in [1.165, 1.54) is 18.2 Å². The molecule has 0 spiro atoms. The molecule has 0 bridgehead atoms. The molecule has 6 heteroatoms. The molecule has 3 aromatic rings. The molecule has 130 valence electrons. The fourth-order valence-electron chi connectivity index (χ4n) is 2.45. The predicted octanol–water partition coefficient (Wildman–Crippen LogP) is 4.43. The summed E-state index contributed by atoms with van der Waals surface area (Å²) in [6.45, 7) is 0.346. The number of hydrogen-bond donors (Lipinski definition) is 1. The maximum Gasteiger partial charge on any atom is 0.282 e. The first-order valence-electron chi connectivity index (χ1n) is 7.95. The first-order chi connectivity index (χ1) is 12.6. The van der Waals surface area contributed by atoms with E-state index in [-0.39, 0.29) is 11.3 Å². The van der Waals surface area contributed by atoms with Crippen molar-refractivity contribution in [1.29, 1.82) is 0 Å². The Hall–Kier alpha value is -3.67. The number of nitro benzene ring substituents is 1. The molecular weight excluding hydrogens is 332 g/mol. The van der Waals surface area contributed by atoms with Crippen molar-refractivity contribution in [2.45, 2.75) is 6.61 Å². The molecule has 0 heterocycles. The SMILES string of the molecule is O=C(Nc1ccccc1OCc1ccccc1)c1ccccc1[N+](=O)[O-]. The molecule has 0 atom stereocenters. The lowest BCUT2D eigenvalue weighted by Crippen LogP contribution is -2.14. The third kappa shape index (κ3) is 4.05. The zero-order chi connectivity index (χ0) is 18.4. The van der Waals surface area contributed by atoms with Crippen molar-refractivity contribution >= 4 is 17.3 Å². The van der Waals surface area contributed by atoms with Crippen LogP contribution in [0.25, 0.3) is 0 Å². The van der Waals surface area contributed by atoms with E-state index in [0.29, 0.717) is 18.0 Å². The van der Waals surface area contributed by atoms with Crippen molar-refractivity contribution in [2.75, 3.05) is 5.32 Å². The van der Waals surface area contributed by atoms with E-state index in [9.17, 15) is 14.9 Å². The van der Waals surface area contributed by atoms with Crippen molar-refractivity contribution < 1.29 is 14.5 Å². The number of amides is 1. The summed E-state index contributed by atoms with van der Waals surface area (Å²) in [5.74, 6) is -0.0728. The predicted molar refractivity (Wildman–Crippen MR) is 98.3 cm³/mol. The Morgan fingerprint density at radius 2 is 1.58 bits per heavy atom. The smallest absolute Gasteiger partial charge is 0.282 e. The van der Waals surface area contributed by atoms with Crippen LogP contribution in [0.2, 0.25) is 0 Å². The van der Waals surface area contributed by atoms with Gasteiger partial charge in [0.1, 0.15) is 17.9 Å². The molecule has 0 saturated carbocycles. The Balaban J connectivity index is 1.78. The minimum absolute atomic E-state index is 0.00429. The third-order valence-electron chi connectivity index (χ3n) is 3.72. The molecule has 0 fully saturated rings. The molecule has 0 aliphatic rings. The van der Waals surface area contributed by atoms with Gasteiger partial charge in [-0.25, -0.2) is 0 Å². The summed E-state index contributed by atoms with van der Waals surface area (Å²) in [6.07, 6.45) is 0. The van der Waals surface area contributed by atoms with Gasteiger partial charge in [0.2, 0.25) is 0 Å². The summed E-state index contributed by atoms with van der Waals surface area (Å²) in [5, 5.41) is 13.8. The van der Waals surface area contributed by atoms with Crippen LogP contribution in [-0.4, -0.2) is 10.8 Å². The van der Waals surface area contributed by atoms with Gasteiger partial charge in [0.25, 0.3) is 11.6 Å². The quantitative estimate of drug-likeness (QED) is 0.528. The van der Waals surface area contributed by atoms with Crippen LogP contribution in [0.5, 0.6) is 5.75 Å². The van der Waals surface area contributed by atoms with E-state index in [4.69, 9.17) is 4.74 Å². The lowest BCUT2D eigenvalue weighted by Gasteiger charge is -2.12. The second-order valence-corrected chi connectivity index (χ2v) is 5.50. The molecule has 3 rings (SSSR count). The molecule has 1 N–H and O–H groups in total. The van der Waals surface area contributed by atoms with E-state index < -0.39 is 10.8 Å². The standard InChI is InChI=1S/C20H16N2O4/c23-20(16-10-4-6-12-18(16)22(24)25)21-17-11-5-7-13-19(17)26-14-15-8-2-1-3-9-15/h1-13H,14H2,(H,21,23). The molecular formula is C20H16N2O4. The highest BCUT2D eigenvalue weighted by atomic mass is 16.6. The number of carbonyl (C=O) groups excluding carboxylic acids is 1. The summed E-state index contributed by atoms with van der Waals surface area (Å²) in [5.41, 5.74) is 1.20. The van der Waals surface area contributed by atoms with Gasteiger partial charge in [0.15, 0.2) is 0 Å². The number of carbonyl (C=O) groups is 1. The van der Waals surface area contributed by atoms with Gasteiger partial charge in [0.05, 0.1) is 10.6 Å². The van der Waals surface area contributed by atoms with E-state index in [1.807, 2.05) is 30.3 Å². The zero-order valence-corrected chi connectivity index (χ0v) is 13.8. The summed E-state index contributed by atoms with van der Waals surface area (Å²) in [7, 11) is 0. The van der Waals surface area contributed by atoms with Gasteiger partial charge in [-0.1, -0.05) is 54.6 Å². The molecule has 0 saturated heterocycles. The number of nitrogens with zero attached hydrogens (tertiary/aromatic N) is 1. The van der Waals surface area contributed by atoms with Gasteiger partial charge >= 0.3 is 0 Å². The maximum atomic E-state index is 12.5.